The van der Waals surface area contributed by atoms with Crippen LogP contribution in [0, 0.1) is 5.92 Å². The van der Waals surface area contributed by atoms with E-state index in [9.17, 15) is 5.11 Å². The molecule has 1 heteroatoms. The zero-order valence-corrected chi connectivity index (χ0v) is 11.1. The first-order chi connectivity index (χ1) is 8.83. The summed E-state index contributed by atoms with van der Waals surface area (Å²) in [4.78, 5) is 0. The molecule has 1 aliphatic rings. The van der Waals surface area contributed by atoms with Crippen LogP contribution in [0.1, 0.15) is 50.0 Å². The highest BCUT2D eigenvalue weighted by Gasteiger charge is 2.32. The van der Waals surface area contributed by atoms with Gasteiger partial charge >= 0.3 is 0 Å². The van der Waals surface area contributed by atoms with Crippen molar-refractivity contribution in [1.82, 2.24) is 0 Å². The number of aliphatic hydroxyl groups excluding tert-OH is 1. The number of unbranched alkanes of at least 4 members (excludes halogenated alkanes) is 1. The van der Waals surface area contributed by atoms with Crippen LogP contribution < -0.4 is 0 Å². The molecule has 1 saturated carbocycles. The molecule has 1 nitrogen and oxygen atoms in total. The summed E-state index contributed by atoms with van der Waals surface area (Å²) >= 11 is 0. The van der Waals surface area contributed by atoms with Crippen LogP contribution in [0.4, 0.5) is 0 Å². The van der Waals surface area contributed by atoms with Gasteiger partial charge in [0.25, 0.3) is 0 Å². The fourth-order valence-electron chi connectivity index (χ4n) is 3.25. The Balaban J connectivity index is 2.09. The number of hydrogen-bond donors (Lipinski definition) is 1. The standard InChI is InChI=1S/C17H24O/c1-2-3-5-11-15(14-9-6-4-7-10-14)16-12-8-13-17(16)18/h2,4,6-7,9-10,15-18H,1,3,5,8,11-13H2. The summed E-state index contributed by atoms with van der Waals surface area (Å²) in [7, 11) is 0. The van der Waals surface area contributed by atoms with E-state index in [2.05, 4.69) is 36.9 Å². The predicted octanol–water partition coefficient (Wildman–Crippen LogP) is 4.29. The van der Waals surface area contributed by atoms with Crippen LogP contribution in [0.25, 0.3) is 0 Å². The van der Waals surface area contributed by atoms with Crippen molar-refractivity contribution in [3.63, 3.8) is 0 Å². The average molecular weight is 244 g/mol. The Morgan fingerprint density at radius 1 is 1.28 bits per heavy atom. The van der Waals surface area contributed by atoms with Crippen molar-refractivity contribution >= 4 is 0 Å². The Morgan fingerprint density at radius 3 is 2.67 bits per heavy atom. The number of hydrogen-bond acceptors (Lipinski definition) is 1. The van der Waals surface area contributed by atoms with E-state index < -0.39 is 0 Å². The molecular formula is C17H24O. The molecule has 3 atom stereocenters. The number of aliphatic hydroxyl groups is 1. The van der Waals surface area contributed by atoms with Gasteiger partial charge in [-0.25, -0.2) is 0 Å². The molecule has 0 spiro atoms. The zero-order chi connectivity index (χ0) is 12.8. The molecule has 2 rings (SSSR count). The molecule has 1 fully saturated rings. The minimum atomic E-state index is -0.0982. The normalized spacial score (nSPS) is 24.9. The van der Waals surface area contributed by atoms with Gasteiger partial charge in [-0.1, -0.05) is 42.8 Å². The Bertz CT molecular complexity index is 357. The van der Waals surface area contributed by atoms with E-state index >= 15 is 0 Å². The van der Waals surface area contributed by atoms with E-state index in [1.165, 1.54) is 24.8 Å². The van der Waals surface area contributed by atoms with Crippen LogP contribution in [0.15, 0.2) is 43.0 Å². The van der Waals surface area contributed by atoms with Crippen molar-refractivity contribution in [2.75, 3.05) is 0 Å². The van der Waals surface area contributed by atoms with Gasteiger partial charge < -0.3 is 5.11 Å². The van der Waals surface area contributed by atoms with Crippen LogP contribution in [0.5, 0.6) is 0 Å². The number of rotatable bonds is 6. The third kappa shape index (κ3) is 3.23. The van der Waals surface area contributed by atoms with Gasteiger partial charge in [-0.05, 0) is 49.5 Å². The molecule has 1 aromatic carbocycles. The number of allylic oxidation sites excluding steroid dienone is 1. The molecule has 1 aliphatic carbocycles. The maximum absolute atomic E-state index is 10.2. The molecule has 0 amide bonds. The van der Waals surface area contributed by atoms with Crippen molar-refractivity contribution in [3.8, 4) is 0 Å². The lowest BCUT2D eigenvalue weighted by atomic mass is 9.80. The van der Waals surface area contributed by atoms with Crippen LogP contribution in [-0.2, 0) is 0 Å². The van der Waals surface area contributed by atoms with Crippen LogP contribution in [0.2, 0.25) is 0 Å². The van der Waals surface area contributed by atoms with Gasteiger partial charge in [-0.3, -0.25) is 0 Å². The lowest BCUT2D eigenvalue weighted by Crippen LogP contribution is -2.21. The van der Waals surface area contributed by atoms with Gasteiger partial charge in [0.15, 0.2) is 0 Å². The average Bonchev–Trinajstić information content (AvgIpc) is 2.82. The van der Waals surface area contributed by atoms with Crippen molar-refractivity contribution < 1.29 is 5.11 Å². The van der Waals surface area contributed by atoms with E-state index in [1.54, 1.807) is 0 Å². The minimum Gasteiger partial charge on any atom is -0.393 e. The summed E-state index contributed by atoms with van der Waals surface area (Å²) in [5, 5.41) is 10.2. The fourth-order valence-corrected chi connectivity index (χ4v) is 3.25. The summed E-state index contributed by atoms with van der Waals surface area (Å²) in [5.41, 5.74) is 1.40. The molecule has 0 heterocycles. The topological polar surface area (TPSA) is 20.2 Å². The molecule has 0 aliphatic heterocycles. The largest absolute Gasteiger partial charge is 0.393 e. The summed E-state index contributed by atoms with van der Waals surface area (Å²) in [6, 6.07) is 10.7. The van der Waals surface area contributed by atoms with Crippen LogP contribution in [0.3, 0.4) is 0 Å². The van der Waals surface area contributed by atoms with E-state index in [0.717, 1.165) is 19.3 Å². The van der Waals surface area contributed by atoms with E-state index in [1.807, 2.05) is 6.08 Å². The van der Waals surface area contributed by atoms with Crippen molar-refractivity contribution in [3.05, 3.63) is 48.6 Å². The molecule has 0 aromatic heterocycles. The molecule has 3 unspecified atom stereocenters. The second kappa shape index (κ2) is 6.75. The first kappa shape index (κ1) is 13.4. The first-order valence-electron chi connectivity index (χ1n) is 7.17. The van der Waals surface area contributed by atoms with Crippen molar-refractivity contribution in [2.24, 2.45) is 5.92 Å². The second-order valence-electron chi connectivity index (χ2n) is 5.40. The van der Waals surface area contributed by atoms with Gasteiger partial charge in [-0.15, -0.1) is 6.58 Å². The van der Waals surface area contributed by atoms with Crippen LogP contribution >= 0.6 is 0 Å². The molecule has 98 valence electrons. The summed E-state index contributed by atoms with van der Waals surface area (Å²) in [5.74, 6) is 0.973. The van der Waals surface area contributed by atoms with Crippen LogP contribution in [-0.4, -0.2) is 11.2 Å². The summed E-state index contributed by atoms with van der Waals surface area (Å²) < 4.78 is 0. The quantitative estimate of drug-likeness (QED) is 0.584. The van der Waals surface area contributed by atoms with E-state index in [0.29, 0.717) is 11.8 Å². The molecule has 1 N–H and O–H groups in total. The molecule has 0 saturated heterocycles. The molecule has 0 bridgehead atoms. The third-order valence-electron chi connectivity index (χ3n) is 4.20. The highest BCUT2D eigenvalue weighted by Crippen LogP contribution is 2.40. The Kier molecular flexibility index (Phi) is 5.00. The lowest BCUT2D eigenvalue weighted by Gasteiger charge is -2.26. The Hall–Kier alpha value is -1.08. The molecule has 0 radical (unpaired) electrons. The minimum absolute atomic E-state index is 0.0982. The second-order valence-corrected chi connectivity index (χ2v) is 5.40. The fraction of sp³-hybridized carbons (Fsp3) is 0.529. The lowest BCUT2D eigenvalue weighted by molar-refractivity contribution is 0.114. The van der Waals surface area contributed by atoms with E-state index in [4.69, 9.17) is 0 Å². The Morgan fingerprint density at radius 2 is 2.06 bits per heavy atom. The van der Waals surface area contributed by atoms with Gasteiger partial charge in [-0.2, -0.15) is 0 Å². The van der Waals surface area contributed by atoms with E-state index in [-0.39, 0.29) is 6.10 Å². The summed E-state index contributed by atoms with van der Waals surface area (Å²) in [6.07, 6.45) is 8.64. The molecule has 18 heavy (non-hydrogen) atoms. The third-order valence-corrected chi connectivity index (χ3v) is 4.20. The zero-order valence-electron chi connectivity index (χ0n) is 11.1. The van der Waals surface area contributed by atoms with Crippen molar-refractivity contribution in [1.29, 1.82) is 0 Å². The maximum atomic E-state index is 10.2. The van der Waals surface area contributed by atoms with Gasteiger partial charge in [0.05, 0.1) is 6.10 Å². The Labute approximate surface area is 111 Å². The van der Waals surface area contributed by atoms with Gasteiger partial charge in [0, 0.05) is 0 Å². The molecular weight excluding hydrogens is 220 g/mol. The van der Waals surface area contributed by atoms with Crippen molar-refractivity contribution in [2.45, 2.75) is 50.5 Å². The first-order valence-corrected chi connectivity index (χ1v) is 7.17. The highest BCUT2D eigenvalue weighted by molar-refractivity contribution is 5.21. The van der Waals surface area contributed by atoms with Gasteiger partial charge in [0.1, 0.15) is 0 Å². The molecule has 1 aromatic rings. The predicted molar refractivity (Wildman–Crippen MR) is 76.6 cm³/mol. The maximum Gasteiger partial charge on any atom is 0.0574 e. The SMILES string of the molecule is C=CCCCC(c1ccccc1)C1CCCC1O. The smallest absolute Gasteiger partial charge is 0.0574 e. The highest BCUT2D eigenvalue weighted by atomic mass is 16.3. The van der Waals surface area contributed by atoms with Gasteiger partial charge in [0.2, 0.25) is 0 Å². The monoisotopic (exact) mass is 244 g/mol. The number of benzene rings is 1. The summed E-state index contributed by atoms with van der Waals surface area (Å²) in [6.45, 7) is 3.79.